The van der Waals surface area contributed by atoms with Crippen molar-refractivity contribution in [2.24, 2.45) is 0 Å². The van der Waals surface area contributed by atoms with Crippen molar-refractivity contribution in [1.82, 2.24) is 19.9 Å². The molecule has 210 valence electrons. The third-order valence-corrected chi connectivity index (χ3v) is 7.71. The number of phenols is 1. The molecule has 4 aromatic heterocycles. The van der Waals surface area contributed by atoms with Gasteiger partial charge in [-0.3, -0.25) is 0 Å². The maximum Gasteiger partial charge on any atom is 0.337 e. The molecule has 0 saturated heterocycles. The maximum absolute atomic E-state index is 11.3. The van der Waals surface area contributed by atoms with Crippen molar-refractivity contribution in [3.63, 3.8) is 0 Å². The van der Waals surface area contributed by atoms with Crippen LogP contribution in [0, 0.1) is 0 Å². The largest absolute Gasteiger partial charge is 0.508 e. The lowest BCUT2D eigenvalue weighted by atomic mass is 10.0. The molecule has 0 spiro atoms. The number of nitrogens with one attached hydrogen (secondary N) is 4. The number of hydrogen-bond donors (Lipinski definition) is 7. The van der Waals surface area contributed by atoms with Gasteiger partial charge in [0.25, 0.3) is 0 Å². The second-order valence-electron chi connectivity index (χ2n) is 10.2. The van der Waals surface area contributed by atoms with Crippen molar-refractivity contribution in [2.75, 3.05) is 0 Å². The normalized spacial score (nSPS) is 11.3. The van der Waals surface area contributed by atoms with Gasteiger partial charge in [-0.25, -0.2) is 9.59 Å². The fourth-order valence-corrected chi connectivity index (χ4v) is 5.66. The van der Waals surface area contributed by atoms with Crippen LogP contribution < -0.4 is 0 Å². The molecule has 7 N–H and O–H groups in total. The number of carbonyl (C=O) groups is 2. The molecule has 0 unspecified atom stereocenters. The molecule has 9 nitrogen and oxygen atoms in total. The third kappa shape index (κ3) is 4.36. The molecular formula is C34H24N4O5. The zero-order valence-corrected chi connectivity index (χ0v) is 22.5. The molecule has 4 aromatic carbocycles. The van der Waals surface area contributed by atoms with E-state index in [0.29, 0.717) is 11.1 Å². The zero-order chi connectivity index (χ0) is 29.7. The highest BCUT2D eigenvalue weighted by atomic mass is 16.4. The molecule has 0 radical (unpaired) electrons. The number of rotatable bonds is 4. The first-order valence-corrected chi connectivity index (χ1v) is 13.4. The van der Waals surface area contributed by atoms with Gasteiger partial charge in [0, 0.05) is 85.1 Å². The molecule has 0 fully saturated rings. The van der Waals surface area contributed by atoms with E-state index in [9.17, 15) is 19.8 Å². The van der Waals surface area contributed by atoms with Crippen molar-refractivity contribution >= 4 is 55.6 Å². The van der Waals surface area contributed by atoms with Gasteiger partial charge in [0.15, 0.2) is 0 Å². The molecule has 0 aliphatic carbocycles. The number of H-pyrrole nitrogens is 4. The van der Waals surface area contributed by atoms with Gasteiger partial charge in [-0.1, -0.05) is 30.3 Å². The van der Waals surface area contributed by atoms with E-state index >= 15 is 0 Å². The molecule has 0 bridgehead atoms. The summed E-state index contributed by atoms with van der Waals surface area (Å²) in [5.41, 5.74) is 7.93. The summed E-state index contributed by atoms with van der Waals surface area (Å²) in [5, 5.41) is 31.9. The summed E-state index contributed by atoms with van der Waals surface area (Å²) in [6, 6.07) is 23.5. The first-order chi connectivity index (χ1) is 20.9. The lowest BCUT2D eigenvalue weighted by Gasteiger charge is -2.00. The van der Waals surface area contributed by atoms with E-state index in [1.807, 2.05) is 55.1 Å². The summed E-state index contributed by atoms with van der Waals surface area (Å²) in [5.74, 6) is -1.68. The highest BCUT2D eigenvalue weighted by Gasteiger charge is 2.16. The summed E-state index contributed by atoms with van der Waals surface area (Å²) in [7, 11) is 0. The SMILES string of the molecule is O=C(O)c1ccc2[nH]cc(-c3c[nH]c4ccc(O)cc34)c2c1.O=C(O)c1cccc2c(-c3c[nH]c4ccccc34)c[nH]c12. The first kappa shape index (κ1) is 25.7. The molecule has 43 heavy (non-hydrogen) atoms. The summed E-state index contributed by atoms with van der Waals surface area (Å²) in [4.78, 5) is 35.1. The summed E-state index contributed by atoms with van der Waals surface area (Å²) in [6.45, 7) is 0. The third-order valence-electron chi connectivity index (χ3n) is 7.71. The zero-order valence-electron chi connectivity index (χ0n) is 22.5. The van der Waals surface area contributed by atoms with Crippen LogP contribution in [-0.4, -0.2) is 47.2 Å². The molecule has 4 heterocycles. The predicted octanol–water partition coefficient (Wildman–Crippen LogP) is 7.73. The van der Waals surface area contributed by atoms with Crippen LogP contribution in [0.25, 0.3) is 65.9 Å². The van der Waals surface area contributed by atoms with Crippen LogP contribution in [0.1, 0.15) is 20.7 Å². The molecule has 9 heteroatoms. The molecular weight excluding hydrogens is 544 g/mol. The fraction of sp³-hybridized carbons (Fsp3) is 0. The van der Waals surface area contributed by atoms with Gasteiger partial charge in [0.1, 0.15) is 5.75 Å². The van der Waals surface area contributed by atoms with Crippen molar-refractivity contribution < 1.29 is 24.9 Å². The van der Waals surface area contributed by atoms with Gasteiger partial charge in [-0.15, -0.1) is 0 Å². The van der Waals surface area contributed by atoms with E-state index < -0.39 is 11.9 Å². The van der Waals surface area contributed by atoms with Crippen LogP contribution in [0.4, 0.5) is 0 Å². The number of phenolic OH excluding ortho intramolecular Hbond substituents is 1. The van der Waals surface area contributed by atoms with Gasteiger partial charge in [0.2, 0.25) is 0 Å². The number of carboxylic acid groups (broad SMARTS) is 2. The Labute approximate surface area is 243 Å². The number of para-hydroxylation sites is 2. The number of hydrogen-bond acceptors (Lipinski definition) is 3. The lowest BCUT2D eigenvalue weighted by molar-refractivity contribution is 0.0687. The van der Waals surface area contributed by atoms with Crippen LogP contribution >= 0.6 is 0 Å². The first-order valence-electron chi connectivity index (χ1n) is 13.4. The molecule has 8 rings (SSSR count). The van der Waals surface area contributed by atoms with Crippen LogP contribution in [-0.2, 0) is 0 Å². The van der Waals surface area contributed by atoms with Crippen molar-refractivity contribution in [3.8, 4) is 28.0 Å². The quantitative estimate of drug-likeness (QED) is 0.116. The molecule has 0 atom stereocenters. The number of carboxylic acids is 2. The predicted molar refractivity (Wildman–Crippen MR) is 167 cm³/mol. The molecule has 0 amide bonds. The minimum atomic E-state index is -0.953. The average molecular weight is 569 g/mol. The number of benzene rings is 4. The maximum atomic E-state index is 11.3. The highest BCUT2D eigenvalue weighted by Crippen LogP contribution is 2.36. The molecule has 0 saturated carbocycles. The van der Waals surface area contributed by atoms with Crippen LogP contribution in [0.2, 0.25) is 0 Å². The Morgan fingerprint density at radius 2 is 1.07 bits per heavy atom. The Hall–Kier alpha value is -6.22. The number of aromatic nitrogens is 4. The van der Waals surface area contributed by atoms with Crippen LogP contribution in [0.15, 0.2) is 104 Å². The highest BCUT2D eigenvalue weighted by molar-refractivity contribution is 6.10. The van der Waals surface area contributed by atoms with Gasteiger partial charge in [-0.05, 0) is 48.5 Å². The van der Waals surface area contributed by atoms with E-state index in [4.69, 9.17) is 5.11 Å². The van der Waals surface area contributed by atoms with Crippen molar-refractivity contribution in [3.05, 3.63) is 115 Å². The topological polar surface area (TPSA) is 158 Å². The summed E-state index contributed by atoms with van der Waals surface area (Å²) < 4.78 is 0. The Balaban J connectivity index is 0.000000140. The van der Waals surface area contributed by atoms with E-state index in [0.717, 1.165) is 60.3 Å². The fourth-order valence-electron chi connectivity index (χ4n) is 5.66. The van der Waals surface area contributed by atoms with Gasteiger partial charge in [-0.2, -0.15) is 0 Å². The summed E-state index contributed by atoms with van der Waals surface area (Å²) in [6.07, 6.45) is 7.54. The Morgan fingerprint density at radius 3 is 1.77 bits per heavy atom. The van der Waals surface area contributed by atoms with Gasteiger partial charge < -0.3 is 35.3 Å². The van der Waals surface area contributed by atoms with Crippen LogP contribution in [0.3, 0.4) is 0 Å². The minimum absolute atomic E-state index is 0.194. The van der Waals surface area contributed by atoms with E-state index in [2.05, 4.69) is 26.0 Å². The van der Waals surface area contributed by atoms with E-state index in [1.54, 1.807) is 42.5 Å². The smallest absolute Gasteiger partial charge is 0.337 e. The van der Waals surface area contributed by atoms with E-state index in [-0.39, 0.29) is 11.3 Å². The second-order valence-corrected chi connectivity index (χ2v) is 10.2. The Kier molecular flexibility index (Phi) is 5.98. The van der Waals surface area contributed by atoms with Gasteiger partial charge >= 0.3 is 11.9 Å². The number of fused-ring (bicyclic) bond motifs is 4. The number of aromatic amines is 4. The second kappa shape index (κ2) is 10.0. The Bertz CT molecular complexity index is 2340. The Morgan fingerprint density at radius 1 is 0.512 bits per heavy atom. The van der Waals surface area contributed by atoms with Crippen molar-refractivity contribution in [1.29, 1.82) is 0 Å². The molecule has 0 aliphatic rings. The monoisotopic (exact) mass is 568 g/mol. The molecule has 8 aromatic rings. The average Bonchev–Trinajstić information content (AvgIpc) is 3.80. The number of aromatic carboxylic acids is 2. The lowest BCUT2D eigenvalue weighted by Crippen LogP contribution is -1.96. The van der Waals surface area contributed by atoms with Crippen molar-refractivity contribution in [2.45, 2.75) is 0 Å². The summed E-state index contributed by atoms with van der Waals surface area (Å²) >= 11 is 0. The standard InChI is InChI=1S/C17H12N2O3.C17H12N2O2/c20-10-2-4-16-12(6-10)14(8-19-16)13-7-18-15-3-1-9(17(21)22)5-11(13)15;20-17(21)12-6-3-5-11-14(9-19-16(11)12)13-8-18-15-7-2-1-4-10(13)15/h1-8,18-20H,(H,21,22);1-9,18-19H,(H,20,21). The molecule has 0 aliphatic heterocycles. The minimum Gasteiger partial charge on any atom is -0.508 e. The van der Waals surface area contributed by atoms with E-state index in [1.165, 1.54) is 0 Å². The van der Waals surface area contributed by atoms with Gasteiger partial charge in [0.05, 0.1) is 16.6 Å². The number of aromatic hydroxyl groups is 1. The van der Waals surface area contributed by atoms with Crippen LogP contribution in [0.5, 0.6) is 5.75 Å².